The third-order valence-electron chi connectivity index (χ3n) is 5.87. The van der Waals surface area contributed by atoms with E-state index in [2.05, 4.69) is 26.9 Å². The molecule has 1 aliphatic carbocycles. The Labute approximate surface area is 141 Å². The Morgan fingerprint density at radius 2 is 2.21 bits per heavy atom. The molecule has 0 amide bonds. The zero-order chi connectivity index (χ0) is 16.7. The van der Waals surface area contributed by atoms with Crippen LogP contribution in [0.4, 0.5) is 5.82 Å². The van der Waals surface area contributed by atoms with E-state index in [1.165, 1.54) is 6.42 Å². The van der Waals surface area contributed by atoms with E-state index in [0.29, 0.717) is 17.9 Å². The quantitative estimate of drug-likeness (QED) is 0.768. The molecule has 1 saturated carbocycles. The smallest absolute Gasteiger partial charge is 0.142 e. The largest absolute Gasteiger partial charge is 0.392 e. The lowest BCUT2D eigenvalue weighted by Crippen LogP contribution is -2.46. The van der Waals surface area contributed by atoms with Gasteiger partial charge >= 0.3 is 0 Å². The van der Waals surface area contributed by atoms with Crippen LogP contribution >= 0.6 is 0 Å². The summed E-state index contributed by atoms with van der Waals surface area (Å²) in [6, 6.07) is 2.49. The minimum atomic E-state index is -0.718. The van der Waals surface area contributed by atoms with Crippen LogP contribution in [0.2, 0.25) is 0 Å². The van der Waals surface area contributed by atoms with Gasteiger partial charge in [0.1, 0.15) is 24.0 Å². The Bertz CT molecular complexity index is 705. The maximum absolute atomic E-state index is 9.90. The van der Waals surface area contributed by atoms with Gasteiger partial charge in [-0.3, -0.25) is 4.90 Å². The maximum Gasteiger partial charge on any atom is 0.142 e. The van der Waals surface area contributed by atoms with E-state index in [9.17, 15) is 10.2 Å². The number of nitrogens with zero attached hydrogens (tertiary/aromatic N) is 4. The van der Waals surface area contributed by atoms with E-state index >= 15 is 0 Å². The summed E-state index contributed by atoms with van der Waals surface area (Å²) in [6.07, 6.45) is 6.16. The molecule has 3 N–H and O–H groups in total. The third-order valence-corrected chi connectivity index (χ3v) is 5.87. The fourth-order valence-electron chi connectivity index (χ4n) is 4.50. The third kappa shape index (κ3) is 2.66. The SMILES string of the molecule is CN(c1ncnc2[nH]ccc12)C1CC2CCN(C(O)CO)CC2C1. The Hall–Kier alpha value is -1.70. The van der Waals surface area contributed by atoms with Crippen molar-refractivity contribution in [3.8, 4) is 0 Å². The number of aliphatic hydroxyl groups excluding tert-OH is 2. The number of piperidine rings is 1. The van der Waals surface area contributed by atoms with Gasteiger partial charge < -0.3 is 20.1 Å². The van der Waals surface area contributed by atoms with Crippen molar-refractivity contribution in [2.45, 2.75) is 31.5 Å². The first-order chi connectivity index (χ1) is 11.7. The predicted octanol–water partition coefficient (Wildman–Crippen LogP) is 0.805. The number of aromatic amines is 1. The van der Waals surface area contributed by atoms with E-state index in [1.54, 1.807) is 6.33 Å². The molecule has 2 aromatic heterocycles. The normalized spacial score (nSPS) is 28.9. The summed E-state index contributed by atoms with van der Waals surface area (Å²) in [4.78, 5) is 16.2. The highest BCUT2D eigenvalue weighted by Crippen LogP contribution is 2.41. The van der Waals surface area contributed by atoms with Crippen molar-refractivity contribution in [3.05, 3.63) is 18.6 Å². The highest BCUT2D eigenvalue weighted by Gasteiger charge is 2.41. The topological polar surface area (TPSA) is 88.5 Å². The van der Waals surface area contributed by atoms with Gasteiger partial charge in [-0.15, -0.1) is 0 Å². The number of H-pyrrole nitrogens is 1. The molecule has 4 atom stereocenters. The molecule has 4 rings (SSSR count). The standard InChI is InChI=1S/C17H25N5O2/c1-21(17-14-2-4-18-16(14)19-10-20-17)13-6-11-3-5-22(15(24)9-23)8-12(11)7-13/h2,4,10-13,15,23-24H,3,5-9H2,1H3,(H,18,19,20). The lowest BCUT2D eigenvalue weighted by Gasteiger charge is -2.37. The average molecular weight is 331 g/mol. The lowest BCUT2D eigenvalue weighted by molar-refractivity contribution is -0.0600. The fourth-order valence-corrected chi connectivity index (χ4v) is 4.50. The minimum absolute atomic E-state index is 0.187. The second-order valence-corrected chi connectivity index (χ2v) is 7.14. The highest BCUT2D eigenvalue weighted by atomic mass is 16.3. The van der Waals surface area contributed by atoms with E-state index in [-0.39, 0.29) is 6.61 Å². The molecule has 1 aliphatic heterocycles. The first-order valence-electron chi connectivity index (χ1n) is 8.71. The molecular weight excluding hydrogens is 306 g/mol. The zero-order valence-corrected chi connectivity index (χ0v) is 14.0. The van der Waals surface area contributed by atoms with Crippen LogP contribution in [0.15, 0.2) is 18.6 Å². The number of likely N-dealkylation sites (tertiary alicyclic amines) is 1. The molecule has 7 heteroatoms. The number of anilines is 1. The van der Waals surface area contributed by atoms with E-state index < -0.39 is 6.23 Å². The van der Waals surface area contributed by atoms with Crippen LogP contribution in [0.1, 0.15) is 19.3 Å². The van der Waals surface area contributed by atoms with Crippen molar-refractivity contribution in [1.82, 2.24) is 19.9 Å². The molecule has 0 bridgehead atoms. The van der Waals surface area contributed by atoms with Crippen molar-refractivity contribution in [2.75, 3.05) is 31.6 Å². The molecule has 2 aliphatic rings. The van der Waals surface area contributed by atoms with Crippen LogP contribution < -0.4 is 4.90 Å². The Balaban J connectivity index is 1.49. The number of fused-ring (bicyclic) bond motifs is 2. The first kappa shape index (κ1) is 15.8. The van der Waals surface area contributed by atoms with Gasteiger partial charge in [-0.2, -0.15) is 0 Å². The van der Waals surface area contributed by atoms with Crippen molar-refractivity contribution in [2.24, 2.45) is 11.8 Å². The van der Waals surface area contributed by atoms with Gasteiger partial charge in [-0.1, -0.05) is 0 Å². The summed E-state index contributed by atoms with van der Waals surface area (Å²) in [5.41, 5.74) is 0.875. The molecule has 4 unspecified atom stereocenters. The van der Waals surface area contributed by atoms with E-state index in [1.807, 2.05) is 17.2 Å². The summed E-state index contributed by atoms with van der Waals surface area (Å²) in [5.74, 6) is 2.26. The highest BCUT2D eigenvalue weighted by molar-refractivity contribution is 5.87. The van der Waals surface area contributed by atoms with Crippen LogP contribution in [0.3, 0.4) is 0 Å². The van der Waals surface area contributed by atoms with Gasteiger partial charge in [-0.25, -0.2) is 9.97 Å². The van der Waals surface area contributed by atoms with Gasteiger partial charge in [0.05, 0.1) is 12.0 Å². The van der Waals surface area contributed by atoms with E-state index in [4.69, 9.17) is 0 Å². The van der Waals surface area contributed by atoms with Crippen LogP contribution in [0.5, 0.6) is 0 Å². The van der Waals surface area contributed by atoms with Gasteiger partial charge in [0.2, 0.25) is 0 Å². The molecule has 24 heavy (non-hydrogen) atoms. The number of aliphatic hydroxyl groups is 2. The molecule has 0 radical (unpaired) electrons. The summed E-state index contributed by atoms with van der Waals surface area (Å²) < 4.78 is 0. The van der Waals surface area contributed by atoms with Crippen molar-refractivity contribution < 1.29 is 10.2 Å². The molecular formula is C17H25N5O2. The number of hydrogen-bond acceptors (Lipinski definition) is 6. The second-order valence-electron chi connectivity index (χ2n) is 7.14. The Morgan fingerprint density at radius 1 is 1.38 bits per heavy atom. The summed E-state index contributed by atoms with van der Waals surface area (Å²) >= 11 is 0. The molecule has 3 heterocycles. The summed E-state index contributed by atoms with van der Waals surface area (Å²) in [5, 5.41) is 20.1. The molecule has 0 aromatic carbocycles. The second kappa shape index (κ2) is 6.31. The number of nitrogens with one attached hydrogen (secondary N) is 1. The Kier molecular flexibility index (Phi) is 4.15. The average Bonchev–Trinajstić information content (AvgIpc) is 3.25. The van der Waals surface area contributed by atoms with Crippen molar-refractivity contribution in [3.63, 3.8) is 0 Å². The summed E-state index contributed by atoms with van der Waals surface area (Å²) in [7, 11) is 2.12. The lowest BCUT2D eigenvalue weighted by atomic mass is 9.88. The Morgan fingerprint density at radius 3 is 3.04 bits per heavy atom. The number of rotatable bonds is 4. The molecule has 2 aromatic rings. The molecule has 0 spiro atoms. The van der Waals surface area contributed by atoms with Crippen molar-refractivity contribution in [1.29, 1.82) is 0 Å². The maximum atomic E-state index is 9.90. The molecule has 2 fully saturated rings. The van der Waals surface area contributed by atoms with Crippen LogP contribution in [-0.2, 0) is 0 Å². The van der Waals surface area contributed by atoms with Gasteiger partial charge in [0.25, 0.3) is 0 Å². The molecule has 1 saturated heterocycles. The van der Waals surface area contributed by atoms with Crippen LogP contribution in [-0.4, -0.2) is 69.1 Å². The number of aromatic nitrogens is 3. The zero-order valence-electron chi connectivity index (χ0n) is 14.0. The van der Waals surface area contributed by atoms with Crippen LogP contribution in [0, 0.1) is 11.8 Å². The summed E-state index contributed by atoms with van der Waals surface area (Å²) in [6.45, 7) is 1.56. The van der Waals surface area contributed by atoms with Gasteiger partial charge in [0.15, 0.2) is 0 Å². The monoisotopic (exact) mass is 331 g/mol. The van der Waals surface area contributed by atoms with Crippen LogP contribution in [0.25, 0.3) is 11.0 Å². The van der Waals surface area contributed by atoms with E-state index in [0.717, 1.165) is 42.8 Å². The van der Waals surface area contributed by atoms with Crippen molar-refractivity contribution >= 4 is 16.9 Å². The van der Waals surface area contributed by atoms with Gasteiger partial charge in [0, 0.05) is 32.4 Å². The van der Waals surface area contributed by atoms with Gasteiger partial charge in [-0.05, 0) is 37.2 Å². The fraction of sp³-hybridized carbons (Fsp3) is 0.647. The first-order valence-corrected chi connectivity index (χ1v) is 8.71. The molecule has 7 nitrogen and oxygen atoms in total. The minimum Gasteiger partial charge on any atom is -0.392 e. The molecule has 130 valence electrons. The number of hydrogen-bond donors (Lipinski definition) is 3. The predicted molar refractivity (Wildman–Crippen MR) is 91.6 cm³/mol.